The van der Waals surface area contributed by atoms with Crippen molar-refractivity contribution in [2.75, 3.05) is 0 Å². The van der Waals surface area contributed by atoms with Gasteiger partial charge in [-0.05, 0) is 39.6 Å². The zero-order chi connectivity index (χ0) is 25.7. The average Bonchev–Trinajstić information content (AvgIpc) is 3.60. The van der Waals surface area contributed by atoms with E-state index in [0.29, 0.717) is 13.1 Å². The molecule has 3 heterocycles. The van der Waals surface area contributed by atoms with E-state index in [0.717, 1.165) is 41.8 Å². The lowest BCUT2D eigenvalue weighted by Gasteiger charge is -2.28. The number of nitrogens with zero attached hydrogens (tertiary/aromatic N) is 1. The first kappa shape index (κ1) is 25.6. The Balaban J connectivity index is 1.46. The van der Waals surface area contributed by atoms with E-state index in [4.69, 9.17) is 9.47 Å². The van der Waals surface area contributed by atoms with E-state index in [-0.39, 0.29) is 6.54 Å². The van der Waals surface area contributed by atoms with Gasteiger partial charge in [0.2, 0.25) is 12.2 Å². The highest BCUT2D eigenvalue weighted by molar-refractivity contribution is 7.10. The smallest absolute Gasteiger partial charge is 0.303 e. The molecule has 4 rings (SSSR count). The van der Waals surface area contributed by atoms with Crippen molar-refractivity contribution < 1.29 is 28.7 Å². The van der Waals surface area contributed by atoms with Crippen LogP contribution in [-0.4, -0.2) is 40.9 Å². The third-order valence-electron chi connectivity index (χ3n) is 5.62. The van der Waals surface area contributed by atoms with Crippen LogP contribution in [0, 0.1) is 0 Å². The van der Waals surface area contributed by atoms with E-state index in [1.54, 1.807) is 11.3 Å². The highest BCUT2D eigenvalue weighted by Crippen LogP contribution is 2.25. The second kappa shape index (κ2) is 11.5. The third-order valence-corrected chi connectivity index (χ3v) is 7.48. The molecule has 1 aliphatic heterocycles. The molecule has 1 aromatic carbocycles. The Morgan fingerprint density at radius 3 is 2.19 bits per heavy atom. The lowest BCUT2D eigenvalue weighted by atomic mass is 10.1. The van der Waals surface area contributed by atoms with E-state index < -0.39 is 36.0 Å². The van der Waals surface area contributed by atoms with Crippen molar-refractivity contribution in [3.63, 3.8) is 0 Å². The molecule has 0 spiro atoms. The lowest BCUT2D eigenvalue weighted by molar-refractivity contribution is -0.178. The first-order valence-electron chi connectivity index (χ1n) is 11.4. The molecule has 0 fully saturated rings. The predicted octanol–water partition coefficient (Wildman–Crippen LogP) is 3.42. The standard InChI is InChI=1S/C26H26N2O6S2/c1-16(29)33-23(25(31)27-12-22-11-18(15-36-22)10-21-8-5-9-35-21)24(34-17(2)30)26(32)28-13-19-6-3-4-7-20(19)14-28/h3-9,11,15,23-24H,10,12-14H2,1-2H3,(H,27,31)/t23-,24-/m1/s1. The van der Waals surface area contributed by atoms with E-state index in [9.17, 15) is 19.2 Å². The molecule has 1 N–H and O–H groups in total. The van der Waals surface area contributed by atoms with Crippen LogP contribution in [0.5, 0.6) is 0 Å². The number of fused-ring (bicyclic) bond motifs is 1. The molecule has 2 amide bonds. The monoisotopic (exact) mass is 526 g/mol. The van der Waals surface area contributed by atoms with Gasteiger partial charge in [0.15, 0.2) is 0 Å². The summed E-state index contributed by atoms with van der Waals surface area (Å²) >= 11 is 3.18. The lowest BCUT2D eigenvalue weighted by Crippen LogP contribution is -2.53. The summed E-state index contributed by atoms with van der Waals surface area (Å²) in [6, 6.07) is 13.6. The van der Waals surface area contributed by atoms with E-state index in [1.807, 2.05) is 47.2 Å². The molecule has 3 aromatic rings. The van der Waals surface area contributed by atoms with Gasteiger partial charge >= 0.3 is 11.9 Å². The van der Waals surface area contributed by atoms with Gasteiger partial charge in [-0.2, -0.15) is 0 Å². The Bertz CT molecular complexity index is 1230. The molecule has 36 heavy (non-hydrogen) atoms. The topological polar surface area (TPSA) is 102 Å². The van der Waals surface area contributed by atoms with Crippen molar-refractivity contribution in [1.29, 1.82) is 0 Å². The number of hydrogen-bond donors (Lipinski definition) is 1. The molecule has 2 atom stereocenters. The summed E-state index contributed by atoms with van der Waals surface area (Å²) in [7, 11) is 0. The summed E-state index contributed by atoms with van der Waals surface area (Å²) in [6.07, 6.45) is -2.41. The van der Waals surface area contributed by atoms with Gasteiger partial charge in [0.25, 0.3) is 11.8 Å². The maximum absolute atomic E-state index is 13.4. The largest absolute Gasteiger partial charge is 0.448 e. The van der Waals surface area contributed by atoms with E-state index in [2.05, 4.69) is 11.4 Å². The van der Waals surface area contributed by atoms with Crippen molar-refractivity contribution >= 4 is 46.4 Å². The molecule has 2 aromatic heterocycles. The Morgan fingerprint density at radius 2 is 1.58 bits per heavy atom. The summed E-state index contributed by atoms with van der Waals surface area (Å²) in [5, 5.41) is 6.78. The Kier molecular flexibility index (Phi) is 8.17. The SMILES string of the molecule is CC(=O)O[C@@H](C(=O)NCc1cc(Cc2cccs2)cs1)[C@@H](OC(C)=O)C(=O)N1Cc2ccccc2C1. The Labute approximate surface area is 216 Å². The maximum Gasteiger partial charge on any atom is 0.303 e. The second-order valence-corrected chi connectivity index (χ2v) is 10.4. The molecule has 0 saturated heterocycles. The quantitative estimate of drug-likeness (QED) is 0.429. The molecule has 8 nitrogen and oxygen atoms in total. The zero-order valence-electron chi connectivity index (χ0n) is 19.9. The fraction of sp³-hybridized carbons (Fsp3) is 0.308. The molecule has 10 heteroatoms. The molecule has 0 saturated carbocycles. The second-order valence-electron chi connectivity index (χ2n) is 8.42. The van der Waals surface area contributed by atoms with Crippen molar-refractivity contribution in [2.45, 2.75) is 52.1 Å². The molecule has 0 bridgehead atoms. The number of rotatable bonds is 9. The van der Waals surface area contributed by atoms with E-state index in [1.165, 1.54) is 21.1 Å². The van der Waals surface area contributed by atoms with Crippen molar-refractivity contribution in [3.05, 3.63) is 79.7 Å². The van der Waals surface area contributed by atoms with Gasteiger partial charge in [0.1, 0.15) is 0 Å². The van der Waals surface area contributed by atoms with Crippen LogP contribution in [0.25, 0.3) is 0 Å². The van der Waals surface area contributed by atoms with Crippen molar-refractivity contribution in [2.24, 2.45) is 0 Å². The van der Waals surface area contributed by atoms with Gasteiger partial charge in [-0.1, -0.05) is 30.3 Å². The fourth-order valence-electron chi connectivity index (χ4n) is 4.02. The summed E-state index contributed by atoms with van der Waals surface area (Å²) in [6.45, 7) is 3.08. The van der Waals surface area contributed by atoms with Crippen LogP contribution in [0.1, 0.15) is 40.3 Å². The van der Waals surface area contributed by atoms with Gasteiger partial charge < -0.3 is 19.7 Å². The minimum absolute atomic E-state index is 0.182. The summed E-state index contributed by atoms with van der Waals surface area (Å²) in [5.74, 6) is -2.84. The number of esters is 2. The average molecular weight is 527 g/mol. The maximum atomic E-state index is 13.4. The number of thiophene rings is 2. The first-order chi connectivity index (χ1) is 17.3. The highest BCUT2D eigenvalue weighted by Gasteiger charge is 2.42. The highest BCUT2D eigenvalue weighted by atomic mass is 32.1. The number of benzene rings is 1. The number of carbonyl (C=O) groups excluding carboxylic acids is 4. The van der Waals surface area contributed by atoms with Crippen LogP contribution in [0.15, 0.2) is 53.2 Å². The Hall–Kier alpha value is -3.50. The number of hydrogen-bond acceptors (Lipinski definition) is 8. The van der Waals surface area contributed by atoms with E-state index >= 15 is 0 Å². The number of amides is 2. The van der Waals surface area contributed by atoms with Gasteiger partial charge in [-0.3, -0.25) is 19.2 Å². The number of carbonyl (C=O) groups is 4. The number of ether oxygens (including phenoxy) is 2. The zero-order valence-corrected chi connectivity index (χ0v) is 21.5. The van der Waals surface area contributed by atoms with Gasteiger partial charge in [-0.15, -0.1) is 22.7 Å². The van der Waals surface area contributed by atoms with Gasteiger partial charge in [0.05, 0.1) is 6.54 Å². The Morgan fingerprint density at radius 1 is 0.917 bits per heavy atom. The third kappa shape index (κ3) is 6.38. The minimum atomic E-state index is -1.62. The van der Waals surface area contributed by atoms with Gasteiger partial charge in [-0.25, -0.2) is 0 Å². The molecule has 0 unspecified atom stereocenters. The number of nitrogens with one attached hydrogen (secondary N) is 1. The summed E-state index contributed by atoms with van der Waals surface area (Å²) < 4.78 is 10.5. The summed E-state index contributed by atoms with van der Waals surface area (Å²) in [4.78, 5) is 53.8. The van der Waals surface area contributed by atoms with Crippen molar-refractivity contribution in [1.82, 2.24) is 10.2 Å². The molecule has 0 radical (unpaired) electrons. The molecule has 0 aliphatic carbocycles. The van der Waals surface area contributed by atoms with Crippen LogP contribution in [0.4, 0.5) is 0 Å². The predicted molar refractivity (Wildman–Crippen MR) is 135 cm³/mol. The fourth-order valence-corrected chi connectivity index (χ4v) is 5.59. The first-order valence-corrected chi connectivity index (χ1v) is 13.1. The van der Waals surface area contributed by atoms with Crippen LogP contribution in [-0.2, 0) is 54.7 Å². The van der Waals surface area contributed by atoms with Crippen LogP contribution >= 0.6 is 22.7 Å². The molecular weight excluding hydrogens is 500 g/mol. The minimum Gasteiger partial charge on any atom is -0.448 e. The van der Waals surface area contributed by atoms with Crippen LogP contribution in [0.3, 0.4) is 0 Å². The normalized spacial score (nSPS) is 14.0. The van der Waals surface area contributed by atoms with Crippen molar-refractivity contribution in [3.8, 4) is 0 Å². The van der Waals surface area contributed by atoms with Crippen LogP contribution < -0.4 is 5.32 Å². The van der Waals surface area contributed by atoms with Crippen LogP contribution in [0.2, 0.25) is 0 Å². The molecule has 1 aliphatic rings. The molecular formula is C26H26N2O6S2. The molecule has 188 valence electrons. The summed E-state index contributed by atoms with van der Waals surface area (Å²) in [5.41, 5.74) is 3.07. The van der Waals surface area contributed by atoms with Gasteiger partial charge in [0, 0.05) is 43.1 Å².